The molecule has 0 N–H and O–H groups in total. The van der Waals surface area contributed by atoms with Gasteiger partial charge in [-0.1, -0.05) is 18.2 Å². The summed E-state index contributed by atoms with van der Waals surface area (Å²) in [5, 5.41) is 0. The van der Waals surface area contributed by atoms with E-state index >= 15 is 0 Å². The summed E-state index contributed by atoms with van der Waals surface area (Å²) in [5.74, 6) is 0.112. The average Bonchev–Trinajstić information content (AvgIpc) is 2.83. The predicted octanol–water partition coefficient (Wildman–Crippen LogP) is 2.27. The van der Waals surface area contributed by atoms with Crippen molar-refractivity contribution in [3.05, 3.63) is 29.8 Å². The molecule has 0 atom stereocenters. The van der Waals surface area contributed by atoms with Gasteiger partial charge in [-0.2, -0.15) is 0 Å². The molecule has 0 radical (unpaired) electrons. The fourth-order valence-electron chi connectivity index (χ4n) is 2.28. The van der Waals surface area contributed by atoms with Gasteiger partial charge in [-0.15, -0.1) is 0 Å². The summed E-state index contributed by atoms with van der Waals surface area (Å²) < 4.78 is 0. The SMILES string of the molecule is CC(=O)N(C)Cc1ccccc1N1CCCC1. The number of carbonyl (C=O) groups is 1. The number of hydrogen-bond acceptors (Lipinski definition) is 2. The van der Waals surface area contributed by atoms with Crippen molar-refractivity contribution in [1.82, 2.24) is 4.90 Å². The van der Waals surface area contributed by atoms with Crippen LogP contribution in [0.5, 0.6) is 0 Å². The van der Waals surface area contributed by atoms with Gasteiger partial charge in [-0.3, -0.25) is 4.79 Å². The van der Waals surface area contributed by atoms with E-state index < -0.39 is 0 Å². The highest BCUT2D eigenvalue weighted by Gasteiger charge is 2.16. The Morgan fingerprint density at radius 3 is 2.59 bits per heavy atom. The number of anilines is 1. The van der Waals surface area contributed by atoms with E-state index in [1.807, 2.05) is 13.1 Å². The third-order valence-electron chi connectivity index (χ3n) is 3.38. The molecule has 3 nitrogen and oxygen atoms in total. The highest BCUT2D eigenvalue weighted by Crippen LogP contribution is 2.25. The summed E-state index contributed by atoms with van der Waals surface area (Å²) in [6, 6.07) is 8.40. The number of hydrogen-bond donors (Lipinski definition) is 0. The van der Waals surface area contributed by atoms with E-state index in [4.69, 9.17) is 0 Å². The highest BCUT2D eigenvalue weighted by molar-refractivity contribution is 5.73. The van der Waals surface area contributed by atoms with Gasteiger partial charge >= 0.3 is 0 Å². The number of benzene rings is 1. The molecule has 1 aliphatic heterocycles. The minimum absolute atomic E-state index is 0.112. The number of para-hydroxylation sites is 1. The van der Waals surface area contributed by atoms with Crippen LogP contribution < -0.4 is 4.90 Å². The van der Waals surface area contributed by atoms with E-state index in [0.717, 1.165) is 13.1 Å². The Balaban J connectivity index is 2.18. The van der Waals surface area contributed by atoms with Gasteiger partial charge in [0.1, 0.15) is 0 Å². The molecule has 0 bridgehead atoms. The fraction of sp³-hybridized carbons (Fsp3) is 0.500. The lowest BCUT2D eigenvalue weighted by molar-refractivity contribution is -0.128. The van der Waals surface area contributed by atoms with E-state index in [0.29, 0.717) is 6.54 Å². The molecule has 0 aromatic heterocycles. The monoisotopic (exact) mass is 232 g/mol. The van der Waals surface area contributed by atoms with Crippen LogP contribution in [0.25, 0.3) is 0 Å². The molecule has 2 rings (SSSR count). The third-order valence-corrected chi connectivity index (χ3v) is 3.38. The molecule has 1 aliphatic rings. The van der Waals surface area contributed by atoms with Crippen molar-refractivity contribution in [2.75, 3.05) is 25.0 Å². The molecule has 0 unspecified atom stereocenters. The standard InChI is InChI=1S/C14H20N2O/c1-12(17)15(2)11-13-7-3-4-8-14(13)16-9-5-6-10-16/h3-4,7-8H,5-6,9-11H2,1-2H3. The van der Waals surface area contributed by atoms with Crippen LogP contribution in [0.2, 0.25) is 0 Å². The maximum Gasteiger partial charge on any atom is 0.219 e. The first-order chi connectivity index (χ1) is 8.18. The smallest absolute Gasteiger partial charge is 0.219 e. The van der Waals surface area contributed by atoms with Gasteiger partial charge in [0.2, 0.25) is 5.91 Å². The minimum Gasteiger partial charge on any atom is -0.371 e. The molecule has 17 heavy (non-hydrogen) atoms. The van der Waals surface area contributed by atoms with Gasteiger partial charge in [-0.05, 0) is 24.5 Å². The maximum atomic E-state index is 11.3. The first-order valence-corrected chi connectivity index (χ1v) is 6.23. The second-order valence-electron chi connectivity index (χ2n) is 4.70. The molecule has 92 valence electrons. The zero-order valence-corrected chi connectivity index (χ0v) is 10.6. The molecule has 1 heterocycles. The van der Waals surface area contributed by atoms with Crippen LogP contribution in [0, 0.1) is 0 Å². The van der Waals surface area contributed by atoms with Crippen molar-refractivity contribution in [2.45, 2.75) is 26.3 Å². The van der Waals surface area contributed by atoms with Crippen molar-refractivity contribution < 1.29 is 4.79 Å². The van der Waals surface area contributed by atoms with Gasteiger partial charge in [-0.25, -0.2) is 0 Å². The Kier molecular flexibility index (Phi) is 3.67. The van der Waals surface area contributed by atoms with Crippen LogP contribution >= 0.6 is 0 Å². The molecule has 1 saturated heterocycles. The molecule has 1 fully saturated rings. The first kappa shape index (κ1) is 12.0. The third kappa shape index (κ3) is 2.78. The van der Waals surface area contributed by atoms with Crippen LogP contribution in [0.3, 0.4) is 0 Å². The Labute approximate surface area is 103 Å². The van der Waals surface area contributed by atoms with Crippen molar-refractivity contribution in [3.8, 4) is 0 Å². The number of carbonyl (C=O) groups excluding carboxylic acids is 1. The van der Waals surface area contributed by atoms with Crippen LogP contribution in [-0.4, -0.2) is 30.9 Å². The summed E-state index contributed by atoms with van der Waals surface area (Å²) >= 11 is 0. The minimum atomic E-state index is 0.112. The summed E-state index contributed by atoms with van der Waals surface area (Å²) in [6.07, 6.45) is 2.55. The average molecular weight is 232 g/mol. The summed E-state index contributed by atoms with van der Waals surface area (Å²) in [6.45, 7) is 4.59. The second-order valence-corrected chi connectivity index (χ2v) is 4.70. The summed E-state index contributed by atoms with van der Waals surface area (Å²) in [5.41, 5.74) is 2.53. The van der Waals surface area contributed by atoms with Crippen molar-refractivity contribution in [1.29, 1.82) is 0 Å². The Morgan fingerprint density at radius 1 is 1.29 bits per heavy atom. The molecular weight excluding hydrogens is 212 g/mol. The van der Waals surface area contributed by atoms with Gasteiger partial charge in [0.05, 0.1) is 0 Å². The first-order valence-electron chi connectivity index (χ1n) is 6.23. The molecule has 0 saturated carbocycles. The number of amides is 1. The van der Waals surface area contributed by atoms with Gasteiger partial charge in [0.15, 0.2) is 0 Å². The van der Waals surface area contributed by atoms with Crippen LogP contribution in [0.4, 0.5) is 5.69 Å². The Bertz CT molecular complexity index is 397. The van der Waals surface area contributed by atoms with Gasteiger partial charge in [0.25, 0.3) is 0 Å². The predicted molar refractivity (Wildman–Crippen MR) is 70.0 cm³/mol. The topological polar surface area (TPSA) is 23.6 Å². The summed E-state index contributed by atoms with van der Waals surface area (Å²) in [7, 11) is 1.85. The van der Waals surface area contributed by atoms with Crippen molar-refractivity contribution in [3.63, 3.8) is 0 Å². The Morgan fingerprint density at radius 2 is 1.94 bits per heavy atom. The van der Waals surface area contributed by atoms with E-state index in [-0.39, 0.29) is 5.91 Å². The normalized spacial score (nSPS) is 15.1. The zero-order chi connectivity index (χ0) is 12.3. The van der Waals surface area contributed by atoms with Gasteiger partial charge in [0, 0.05) is 39.3 Å². The summed E-state index contributed by atoms with van der Waals surface area (Å²) in [4.78, 5) is 15.5. The van der Waals surface area contributed by atoms with Crippen molar-refractivity contribution in [2.24, 2.45) is 0 Å². The fourth-order valence-corrected chi connectivity index (χ4v) is 2.28. The lowest BCUT2D eigenvalue weighted by Gasteiger charge is -2.24. The quantitative estimate of drug-likeness (QED) is 0.798. The lowest BCUT2D eigenvalue weighted by atomic mass is 10.1. The molecule has 1 amide bonds. The second kappa shape index (κ2) is 5.21. The molecular formula is C14H20N2O. The molecule has 0 aliphatic carbocycles. The van der Waals surface area contributed by atoms with E-state index in [1.165, 1.54) is 24.1 Å². The Hall–Kier alpha value is -1.51. The molecule has 1 aromatic carbocycles. The van der Waals surface area contributed by atoms with E-state index in [2.05, 4.69) is 23.1 Å². The number of rotatable bonds is 3. The van der Waals surface area contributed by atoms with Crippen molar-refractivity contribution >= 4 is 11.6 Å². The number of nitrogens with zero attached hydrogens (tertiary/aromatic N) is 2. The zero-order valence-electron chi connectivity index (χ0n) is 10.6. The molecule has 1 aromatic rings. The van der Waals surface area contributed by atoms with Crippen LogP contribution in [-0.2, 0) is 11.3 Å². The van der Waals surface area contributed by atoms with Crippen LogP contribution in [0.1, 0.15) is 25.3 Å². The largest absolute Gasteiger partial charge is 0.371 e. The lowest BCUT2D eigenvalue weighted by Crippen LogP contribution is -2.25. The highest BCUT2D eigenvalue weighted by atomic mass is 16.2. The van der Waals surface area contributed by atoms with Crippen LogP contribution in [0.15, 0.2) is 24.3 Å². The maximum absolute atomic E-state index is 11.3. The van der Waals surface area contributed by atoms with E-state index in [9.17, 15) is 4.79 Å². The molecule has 3 heteroatoms. The van der Waals surface area contributed by atoms with E-state index in [1.54, 1.807) is 11.8 Å². The van der Waals surface area contributed by atoms with Gasteiger partial charge < -0.3 is 9.80 Å². The molecule has 0 spiro atoms.